The third-order valence-corrected chi connectivity index (χ3v) is 4.55. The van der Waals surface area contributed by atoms with Crippen LogP contribution in [0.4, 0.5) is 5.95 Å². The Morgan fingerprint density at radius 2 is 1.55 bits per heavy atom. The second kappa shape index (κ2) is 8.74. The molecular weight excluding hydrogens is 396 g/mol. The molecule has 4 heterocycles. The number of hydrogen-bond donors (Lipinski definition) is 1. The Labute approximate surface area is 178 Å². The number of hydrogen-bond acceptors (Lipinski definition) is 8. The highest BCUT2D eigenvalue weighted by Gasteiger charge is 2.12. The lowest BCUT2D eigenvalue weighted by Gasteiger charge is -2.11. The zero-order valence-corrected chi connectivity index (χ0v) is 17.5. The van der Waals surface area contributed by atoms with Gasteiger partial charge in [-0.15, -0.1) is 0 Å². The third kappa shape index (κ3) is 4.28. The molecule has 4 aromatic heterocycles. The average Bonchev–Trinajstić information content (AvgIpc) is 3.45. The summed E-state index contributed by atoms with van der Waals surface area (Å²) in [5.41, 5.74) is 10.5. The molecule has 0 aliphatic rings. The van der Waals surface area contributed by atoms with E-state index in [4.69, 9.17) is 24.4 Å². The summed E-state index contributed by atoms with van der Waals surface area (Å²) in [7, 11) is 3.20. The second-order valence-corrected chi connectivity index (χ2v) is 6.53. The van der Waals surface area contributed by atoms with E-state index >= 15 is 0 Å². The predicted octanol–water partition coefficient (Wildman–Crippen LogP) is 4.56. The van der Waals surface area contributed by atoms with Gasteiger partial charge in [0.15, 0.2) is 17.0 Å². The molecule has 0 saturated carbocycles. The lowest BCUT2D eigenvalue weighted by atomic mass is 10.1. The number of nitrogens with zero attached hydrogens (tertiary/aromatic N) is 3. The number of fused-ring (bicyclic) bond motifs is 3. The number of ether oxygens (including phenoxy) is 3. The summed E-state index contributed by atoms with van der Waals surface area (Å²) >= 11 is 0. The summed E-state index contributed by atoms with van der Waals surface area (Å²) in [6.07, 6.45) is 0. The lowest BCUT2D eigenvalue weighted by Crippen LogP contribution is -2.03. The fourth-order valence-corrected chi connectivity index (χ4v) is 3.11. The van der Waals surface area contributed by atoms with Crippen LogP contribution < -0.4 is 19.9 Å². The molecule has 0 radical (unpaired) electrons. The molecule has 0 atom stereocenters. The van der Waals surface area contributed by atoms with Gasteiger partial charge in [-0.2, -0.15) is 4.98 Å². The van der Waals surface area contributed by atoms with Crippen molar-refractivity contribution < 1.29 is 18.6 Å². The fourth-order valence-electron chi connectivity index (χ4n) is 3.11. The summed E-state index contributed by atoms with van der Waals surface area (Å²) in [4.78, 5) is 13.0. The van der Waals surface area contributed by atoms with Gasteiger partial charge >= 0.3 is 0 Å². The number of methoxy groups -OCH3 is 2. The number of furan rings is 2. The fraction of sp³-hybridized carbons (Fsp3) is 0.174. The molecule has 8 heteroatoms. The van der Waals surface area contributed by atoms with Crippen LogP contribution in [-0.4, -0.2) is 35.8 Å². The van der Waals surface area contributed by atoms with E-state index in [2.05, 4.69) is 15.0 Å². The molecule has 2 bridgehead atoms. The Balaban J connectivity index is 0.000000275. The second-order valence-electron chi connectivity index (χ2n) is 6.53. The van der Waals surface area contributed by atoms with Gasteiger partial charge in [0, 0.05) is 5.56 Å². The molecule has 5 aromatic rings. The Morgan fingerprint density at radius 1 is 0.839 bits per heavy atom. The Hall–Kier alpha value is -4.07. The average molecular weight is 418 g/mol. The quantitative estimate of drug-likeness (QED) is 0.443. The van der Waals surface area contributed by atoms with Crippen molar-refractivity contribution in [1.29, 1.82) is 0 Å². The van der Waals surface area contributed by atoms with E-state index in [-0.39, 0.29) is 5.95 Å². The summed E-state index contributed by atoms with van der Waals surface area (Å²) in [5.74, 6) is 1.83. The Kier molecular flexibility index (Phi) is 5.70. The van der Waals surface area contributed by atoms with E-state index in [1.807, 2.05) is 61.5 Å². The van der Waals surface area contributed by atoms with Crippen LogP contribution in [0.3, 0.4) is 0 Å². The molecule has 0 aliphatic carbocycles. The highest BCUT2D eigenvalue weighted by molar-refractivity contribution is 5.83. The Morgan fingerprint density at radius 3 is 2.13 bits per heavy atom. The molecule has 0 fully saturated rings. The maximum Gasteiger partial charge on any atom is 0.245 e. The molecule has 1 aromatic carbocycles. The largest absolute Gasteiger partial charge is 0.493 e. The van der Waals surface area contributed by atoms with E-state index in [1.165, 1.54) is 0 Å². The van der Waals surface area contributed by atoms with Crippen LogP contribution in [0, 0.1) is 0 Å². The van der Waals surface area contributed by atoms with Gasteiger partial charge < -0.3 is 24.4 Å². The molecule has 2 N–H and O–H groups in total. The molecule has 8 nitrogen and oxygen atoms in total. The number of nitrogens with two attached hydrogens (primary N) is 1. The summed E-state index contributed by atoms with van der Waals surface area (Å²) in [6.45, 7) is 2.34. The van der Waals surface area contributed by atoms with E-state index in [0.717, 1.165) is 22.4 Å². The first kappa shape index (κ1) is 20.2. The number of rotatable bonds is 5. The molecule has 0 spiro atoms. The lowest BCUT2D eigenvalue weighted by molar-refractivity contribution is 0.330. The maximum absolute atomic E-state index is 5.71. The highest BCUT2D eigenvalue weighted by atomic mass is 16.5. The number of anilines is 1. The maximum atomic E-state index is 5.71. The molecule has 158 valence electrons. The number of pyridine rings is 1. The van der Waals surface area contributed by atoms with Gasteiger partial charge in [-0.05, 0) is 61.5 Å². The molecule has 0 aliphatic heterocycles. The minimum absolute atomic E-state index is 0.159. The zero-order valence-electron chi connectivity index (χ0n) is 17.5. The minimum Gasteiger partial charge on any atom is -0.493 e. The molecular formula is C23H22N4O4. The van der Waals surface area contributed by atoms with Crippen LogP contribution in [0.15, 0.2) is 59.0 Å². The van der Waals surface area contributed by atoms with Gasteiger partial charge in [0.2, 0.25) is 11.8 Å². The van der Waals surface area contributed by atoms with Crippen molar-refractivity contribution in [3.8, 4) is 28.6 Å². The SMILES string of the molecule is CCOc1nc(N)nc2ccc(-c3ccc(OC)c(OC)c3)nc12.c1cc2ccc1o2. The molecule has 31 heavy (non-hydrogen) atoms. The highest BCUT2D eigenvalue weighted by Crippen LogP contribution is 2.33. The van der Waals surface area contributed by atoms with Crippen molar-refractivity contribution in [2.24, 2.45) is 0 Å². The van der Waals surface area contributed by atoms with E-state index < -0.39 is 0 Å². The first-order valence-electron chi connectivity index (χ1n) is 9.68. The van der Waals surface area contributed by atoms with Gasteiger partial charge in [-0.3, -0.25) is 0 Å². The van der Waals surface area contributed by atoms with Crippen LogP contribution >= 0.6 is 0 Å². The smallest absolute Gasteiger partial charge is 0.245 e. The van der Waals surface area contributed by atoms with Crippen LogP contribution in [0.5, 0.6) is 17.4 Å². The molecule has 0 amide bonds. The van der Waals surface area contributed by atoms with Crippen molar-refractivity contribution in [3.63, 3.8) is 0 Å². The standard InChI is InChI=1S/C17H18N4O3.C6H4O/c1-4-24-16-15-12(20-17(18)21-16)7-6-11(19-15)10-5-8-13(22-2)14(9-10)23-3;1-2-6-4-3-5(1)7-6/h5-9H,4H2,1-3H3,(H2,18,20,21);1-4H. The van der Waals surface area contributed by atoms with Gasteiger partial charge in [-0.1, -0.05) is 0 Å². The first-order chi connectivity index (χ1) is 15.1. The minimum atomic E-state index is 0.159. The third-order valence-electron chi connectivity index (χ3n) is 4.55. The van der Waals surface area contributed by atoms with Gasteiger partial charge in [0.05, 0.1) is 32.0 Å². The first-order valence-corrected chi connectivity index (χ1v) is 9.68. The zero-order chi connectivity index (χ0) is 21.8. The van der Waals surface area contributed by atoms with E-state index in [1.54, 1.807) is 14.2 Å². The van der Waals surface area contributed by atoms with Crippen LogP contribution in [0.25, 0.3) is 33.5 Å². The van der Waals surface area contributed by atoms with Crippen LogP contribution in [-0.2, 0) is 0 Å². The monoisotopic (exact) mass is 418 g/mol. The summed E-state index contributed by atoms with van der Waals surface area (Å²) in [5, 5.41) is 0. The van der Waals surface area contributed by atoms with E-state index in [9.17, 15) is 0 Å². The number of benzene rings is 2. The topological polar surface area (TPSA) is 106 Å². The predicted molar refractivity (Wildman–Crippen MR) is 119 cm³/mol. The molecule has 5 rings (SSSR count). The van der Waals surface area contributed by atoms with Crippen LogP contribution in [0.1, 0.15) is 6.92 Å². The summed E-state index contributed by atoms with van der Waals surface area (Å²) in [6, 6.07) is 17.1. The summed E-state index contributed by atoms with van der Waals surface area (Å²) < 4.78 is 21.2. The Bertz CT molecular complexity index is 1260. The van der Waals surface area contributed by atoms with Gasteiger partial charge in [0.1, 0.15) is 11.2 Å². The normalized spacial score (nSPS) is 10.7. The molecule has 0 saturated heterocycles. The van der Waals surface area contributed by atoms with Crippen molar-refractivity contribution >= 4 is 28.1 Å². The van der Waals surface area contributed by atoms with Crippen molar-refractivity contribution in [2.75, 3.05) is 26.6 Å². The van der Waals surface area contributed by atoms with Gasteiger partial charge in [-0.25, -0.2) is 9.97 Å². The number of aromatic nitrogens is 3. The van der Waals surface area contributed by atoms with Crippen molar-refractivity contribution in [1.82, 2.24) is 15.0 Å². The van der Waals surface area contributed by atoms with Crippen molar-refractivity contribution in [3.05, 3.63) is 54.6 Å². The number of nitrogen functional groups attached to an aromatic ring is 1. The van der Waals surface area contributed by atoms with Gasteiger partial charge in [0.25, 0.3) is 0 Å². The molecule has 0 unspecified atom stereocenters. The van der Waals surface area contributed by atoms with E-state index in [0.29, 0.717) is 35.0 Å². The van der Waals surface area contributed by atoms with Crippen molar-refractivity contribution in [2.45, 2.75) is 6.92 Å². The van der Waals surface area contributed by atoms with Crippen LogP contribution in [0.2, 0.25) is 0 Å².